The summed E-state index contributed by atoms with van der Waals surface area (Å²) in [4.78, 5) is 7.37. The highest BCUT2D eigenvalue weighted by molar-refractivity contribution is 5.52. The molecule has 1 aliphatic rings. The van der Waals surface area contributed by atoms with E-state index in [4.69, 9.17) is 4.98 Å². The zero-order valence-corrected chi connectivity index (χ0v) is 14.4. The van der Waals surface area contributed by atoms with Crippen LogP contribution in [0, 0.1) is 19.3 Å². The van der Waals surface area contributed by atoms with Crippen LogP contribution in [0.5, 0.6) is 0 Å². The number of rotatable bonds is 5. The summed E-state index contributed by atoms with van der Waals surface area (Å²) >= 11 is 0. The lowest BCUT2D eigenvalue weighted by Gasteiger charge is -2.42. The van der Waals surface area contributed by atoms with Crippen LogP contribution in [0.25, 0.3) is 0 Å². The minimum atomic E-state index is 0.568. The van der Waals surface area contributed by atoms with Gasteiger partial charge in [0, 0.05) is 30.9 Å². The SMILES string of the molecule is CCC1(CC)CCN(c2nc(C)cc(C)c2CNC)CC1. The van der Waals surface area contributed by atoms with Crippen molar-refractivity contribution in [2.75, 3.05) is 25.0 Å². The Morgan fingerprint density at radius 1 is 1.19 bits per heavy atom. The zero-order chi connectivity index (χ0) is 15.5. The monoisotopic (exact) mass is 289 g/mol. The van der Waals surface area contributed by atoms with Gasteiger partial charge in [-0.05, 0) is 50.8 Å². The number of piperidine rings is 1. The zero-order valence-electron chi connectivity index (χ0n) is 14.4. The summed E-state index contributed by atoms with van der Waals surface area (Å²) in [5, 5.41) is 3.30. The average molecular weight is 289 g/mol. The van der Waals surface area contributed by atoms with Gasteiger partial charge in [0.15, 0.2) is 0 Å². The van der Waals surface area contributed by atoms with Crippen LogP contribution in [-0.4, -0.2) is 25.1 Å². The van der Waals surface area contributed by atoms with Crippen molar-refractivity contribution in [3.05, 3.63) is 22.9 Å². The summed E-state index contributed by atoms with van der Waals surface area (Å²) in [6.45, 7) is 12.2. The quantitative estimate of drug-likeness (QED) is 0.893. The molecule has 1 fully saturated rings. The molecule has 0 spiro atoms. The van der Waals surface area contributed by atoms with Crippen LogP contribution < -0.4 is 10.2 Å². The van der Waals surface area contributed by atoms with Crippen LogP contribution in [0.2, 0.25) is 0 Å². The van der Waals surface area contributed by atoms with E-state index >= 15 is 0 Å². The average Bonchev–Trinajstić information content (AvgIpc) is 2.50. The van der Waals surface area contributed by atoms with Gasteiger partial charge in [0.1, 0.15) is 5.82 Å². The largest absolute Gasteiger partial charge is 0.356 e. The van der Waals surface area contributed by atoms with E-state index < -0.39 is 0 Å². The van der Waals surface area contributed by atoms with Gasteiger partial charge in [0.05, 0.1) is 0 Å². The first-order valence-corrected chi connectivity index (χ1v) is 8.42. The Morgan fingerprint density at radius 3 is 2.33 bits per heavy atom. The molecule has 1 saturated heterocycles. The van der Waals surface area contributed by atoms with Crippen LogP contribution in [0.3, 0.4) is 0 Å². The molecule has 2 rings (SSSR count). The molecule has 21 heavy (non-hydrogen) atoms. The van der Waals surface area contributed by atoms with Crippen LogP contribution in [-0.2, 0) is 6.54 Å². The molecular weight excluding hydrogens is 258 g/mol. The van der Waals surface area contributed by atoms with Gasteiger partial charge in [-0.1, -0.05) is 26.7 Å². The first-order valence-electron chi connectivity index (χ1n) is 8.42. The minimum absolute atomic E-state index is 0.568. The second-order valence-electron chi connectivity index (χ2n) is 6.61. The van der Waals surface area contributed by atoms with Crippen molar-refractivity contribution < 1.29 is 0 Å². The Labute approximate surface area is 130 Å². The lowest BCUT2D eigenvalue weighted by molar-refractivity contribution is 0.199. The highest BCUT2D eigenvalue weighted by Crippen LogP contribution is 2.39. The molecule has 1 aromatic heterocycles. The molecule has 0 aliphatic carbocycles. The number of pyridine rings is 1. The van der Waals surface area contributed by atoms with Crippen LogP contribution in [0.4, 0.5) is 5.82 Å². The topological polar surface area (TPSA) is 28.2 Å². The number of aryl methyl sites for hydroxylation is 2. The predicted octanol–water partition coefficient (Wildman–Crippen LogP) is 3.82. The second kappa shape index (κ2) is 6.78. The molecule has 118 valence electrons. The summed E-state index contributed by atoms with van der Waals surface area (Å²) in [5.41, 5.74) is 4.42. The molecule has 0 radical (unpaired) electrons. The Hall–Kier alpha value is -1.09. The molecule has 3 heteroatoms. The van der Waals surface area contributed by atoms with E-state index in [2.05, 4.69) is 44.0 Å². The molecule has 0 atom stereocenters. The summed E-state index contributed by atoms with van der Waals surface area (Å²) in [6.07, 6.45) is 5.21. The summed E-state index contributed by atoms with van der Waals surface area (Å²) < 4.78 is 0. The fraction of sp³-hybridized carbons (Fsp3) is 0.722. The van der Waals surface area contributed by atoms with E-state index in [1.807, 2.05) is 7.05 Å². The number of nitrogens with zero attached hydrogens (tertiary/aromatic N) is 2. The van der Waals surface area contributed by atoms with Gasteiger partial charge < -0.3 is 10.2 Å². The van der Waals surface area contributed by atoms with Gasteiger partial charge in [-0.2, -0.15) is 0 Å². The normalized spacial score (nSPS) is 18.0. The predicted molar refractivity (Wildman–Crippen MR) is 90.9 cm³/mol. The number of nitrogens with one attached hydrogen (secondary N) is 1. The van der Waals surface area contributed by atoms with Crippen LogP contribution in [0.15, 0.2) is 6.07 Å². The molecule has 0 amide bonds. The van der Waals surface area contributed by atoms with Crippen molar-refractivity contribution in [1.29, 1.82) is 0 Å². The van der Waals surface area contributed by atoms with E-state index in [1.54, 1.807) is 0 Å². The van der Waals surface area contributed by atoms with Crippen molar-refractivity contribution in [1.82, 2.24) is 10.3 Å². The number of aromatic nitrogens is 1. The molecule has 0 unspecified atom stereocenters. The van der Waals surface area contributed by atoms with Gasteiger partial charge in [-0.15, -0.1) is 0 Å². The maximum absolute atomic E-state index is 4.86. The van der Waals surface area contributed by atoms with Gasteiger partial charge in [0.25, 0.3) is 0 Å². The Balaban J connectivity index is 2.23. The van der Waals surface area contributed by atoms with Crippen molar-refractivity contribution >= 4 is 5.82 Å². The van der Waals surface area contributed by atoms with Gasteiger partial charge in [-0.3, -0.25) is 0 Å². The van der Waals surface area contributed by atoms with E-state index in [9.17, 15) is 0 Å². The van der Waals surface area contributed by atoms with Crippen molar-refractivity contribution in [2.24, 2.45) is 5.41 Å². The molecule has 0 bridgehead atoms. The van der Waals surface area contributed by atoms with Crippen molar-refractivity contribution in [2.45, 2.75) is 59.9 Å². The maximum atomic E-state index is 4.86. The third kappa shape index (κ3) is 3.39. The third-order valence-corrected chi connectivity index (χ3v) is 5.43. The van der Waals surface area contributed by atoms with Crippen LogP contribution >= 0.6 is 0 Å². The molecule has 3 nitrogen and oxygen atoms in total. The molecule has 1 N–H and O–H groups in total. The summed E-state index contributed by atoms with van der Waals surface area (Å²) in [5.74, 6) is 1.21. The minimum Gasteiger partial charge on any atom is -0.356 e. The lowest BCUT2D eigenvalue weighted by Crippen LogP contribution is -2.40. The smallest absolute Gasteiger partial charge is 0.133 e. The van der Waals surface area contributed by atoms with Crippen molar-refractivity contribution in [3.63, 3.8) is 0 Å². The highest BCUT2D eigenvalue weighted by atomic mass is 15.2. The fourth-order valence-corrected chi connectivity index (χ4v) is 3.65. The van der Waals surface area contributed by atoms with Crippen molar-refractivity contribution in [3.8, 4) is 0 Å². The standard InChI is InChI=1S/C18H31N3/c1-6-18(7-2)8-10-21(11-9-18)17-16(13-19-5)14(3)12-15(4)20-17/h12,19H,6-11,13H2,1-5H3. The second-order valence-corrected chi connectivity index (χ2v) is 6.61. The van der Waals surface area contributed by atoms with Gasteiger partial charge >= 0.3 is 0 Å². The Morgan fingerprint density at radius 2 is 1.81 bits per heavy atom. The summed E-state index contributed by atoms with van der Waals surface area (Å²) in [6, 6.07) is 2.20. The fourth-order valence-electron chi connectivity index (χ4n) is 3.65. The summed E-state index contributed by atoms with van der Waals surface area (Å²) in [7, 11) is 2.01. The number of anilines is 1. The van der Waals surface area contributed by atoms with E-state index in [0.717, 1.165) is 25.3 Å². The number of hydrogen-bond acceptors (Lipinski definition) is 3. The molecule has 0 saturated carbocycles. The molecule has 1 aromatic rings. The molecule has 0 aromatic carbocycles. The highest BCUT2D eigenvalue weighted by Gasteiger charge is 2.32. The maximum Gasteiger partial charge on any atom is 0.133 e. The molecule has 1 aliphatic heterocycles. The number of hydrogen-bond donors (Lipinski definition) is 1. The molecular formula is C18H31N3. The van der Waals surface area contributed by atoms with E-state index in [0.29, 0.717) is 5.41 Å². The Kier molecular flexibility index (Phi) is 5.26. The third-order valence-electron chi connectivity index (χ3n) is 5.43. The van der Waals surface area contributed by atoms with Gasteiger partial charge in [0.2, 0.25) is 0 Å². The van der Waals surface area contributed by atoms with E-state index in [-0.39, 0.29) is 0 Å². The first kappa shape index (κ1) is 16.3. The Bertz CT molecular complexity index is 468. The lowest BCUT2D eigenvalue weighted by atomic mass is 9.74. The first-order chi connectivity index (χ1) is 10.0. The molecule has 2 heterocycles. The van der Waals surface area contributed by atoms with E-state index in [1.165, 1.54) is 42.6 Å². The van der Waals surface area contributed by atoms with Gasteiger partial charge in [-0.25, -0.2) is 4.98 Å². The van der Waals surface area contributed by atoms with Crippen LogP contribution in [0.1, 0.15) is 56.4 Å².